The molecule has 1 N–H and O–H groups in total. The highest BCUT2D eigenvalue weighted by molar-refractivity contribution is 7.98. The summed E-state index contributed by atoms with van der Waals surface area (Å²) in [6, 6.07) is 4.04. The van der Waals surface area contributed by atoms with Crippen LogP contribution in [-0.4, -0.2) is 49.4 Å². The zero-order valence-corrected chi connectivity index (χ0v) is 13.8. The molecular weight excluding hydrogens is 324 g/mol. The molecule has 1 aromatic rings. The van der Waals surface area contributed by atoms with E-state index in [-0.39, 0.29) is 11.3 Å². The first-order valence-corrected chi connectivity index (χ1v) is 7.93. The molecule has 0 saturated carbocycles. The zero-order chi connectivity index (χ0) is 17.4. The number of esters is 1. The van der Waals surface area contributed by atoms with Crippen molar-refractivity contribution in [2.75, 3.05) is 26.5 Å². The number of nitro groups is 1. The van der Waals surface area contributed by atoms with Crippen LogP contribution in [0.4, 0.5) is 5.69 Å². The van der Waals surface area contributed by atoms with E-state index in [1.807, 2.05) is 0 Å². The van der Waals surface area contributed by atoms with Crippen molar-refractivity contribution in [1.29, 1.82) is 0 Å². The second-order valence-corrected chi connectivity index (χ2v) is 5.32. The summed E-state index contributed by atoms with van der Waals surface area (Å²) < 4.78 is 9.81. The minimum absolute atomic E-state index is 0.0195. The van der Waals surface area contributed by atoms with E-state index >= 15 is 0 Å². The molecule has 0 saturated heterocycles. The van der Waals surface area contributed by atoms with Crippen LogP contribution >= 0.6 is 11.8 Å². The Kier molecular flexibility index (Phi) is 7.49. The fourth-order valence-corrected chi connectivity index (χ4v) is 2.21. The number of methoxy groups -OCH3 is 1. The summed E-state index contributed by atoms with van der Waals surface area (Å²) in [4.78, 5) is 34.6. The number of carbonyl (C=O) groups excluding carboxylic acids is 2. The molecule has 0 aliphatic carbocycles. The SMILES string of the molecule is COCCNC(=O)[C@H](C)OC(=O)c1ccc(SC)c([N+](=O)[O-])c1. The molecule has 0 bridgehead atoms. The van der Waals surface area contributed by atoms with E-state index in [2.05, 4.69) is 5.32 Å². The van der Waals surface area contributed by atoms with Gasteiger partial charge in [-0.2, -0.15) is 0 Å². The van der Waals surface area contributed by atoms with E-state index in [1.165, 1.54) is 37.9 Å². The molecule has 23 heavy (non-hydrogen) atoms. The van der Waals surface area contributed by atoms with Crippen molar-refractivity contribution in [1.82, 2.24) is 5.32 Å². The Balaban J connectivity index is 2.76. The summed E-state index contributed by atoms with van der Waals surface area (Å²) in [7, 11) is 1.50. The highest BCUT2D eigenvalue weighted by Crippen LogP contribution is 2.28. The number of nitrogens with zero attached hydrogens (tertiary/aromatic N) is 1. The fraction of sp³-hybridized carbons (Fsp3) is 0.429. The number of benzene rings is 1. The average Bonchev–Trinajstić information content (AvgIpc) is 2.53. The number of nitrogens with one attached hydrogen (secondary N) is 1. The number of carbonyl (C=O) groups is 2. The van der Waals surface area contributed by atoms with Crippen molar-refractivity contribution in [3.05, 3.63) is 33.9 Å². The third-order valence-electron chi connectivity index (χ3n) is 2.87. The number of thioether (sulfide) groups is 1. The van der Waals surface area contributed by atoms with Crippen LogP contribution in [-0.2, 0) is 14.3 Å². The van der Waals surface area contributed by atoms with Crippen molar-refractivity contribution < 1.29 is 24.0 Å². The molecule has 0 aliphatic rings. The van der Waals surface area contributed by atoms with E-state index in [4.69, 9.17) is 9.47 Å². The predicted octanol–water partition coefficient (Wildman–Crippen LogP) is 1.62. The van der Waals surface area contributed by atoms with E-state index < -0.39 is 22.9 Å². The van der Waals surface area contributed by atoms with Gasteiger partial charge in [-0.25, -0.2) is 4.79 Å². The maximum Gasteiger partial charge on any atom is 0.339 e. The van der Waals surface area contributed by atoms with E-state index in [1.54, 1.807) is 6.26 Å². The van der Waals surface area contributed by atoms with Crippen molar-refractivity contribution >= 4 is 29.3 Å². The number of amides is 1. The van der Waals surface area contributed by atoms with Gasteiger partial charge < -0.3 is 14.8 Å². The molecule has 1 aromatic carbocycles. The van der Waals surface area contributed by atoms with Gasteiger partial charge in [0.05, 0.1) is 22.0 Å². The van der Waals surface area contributed by atoms with Gasteiger partial charge >= 0.3 is 5.97 Å². The molecule has 9 heteroatoms. The van der Waals surface area contributed by atoms with Crippen molar-refractivity contribution in [2.45, 2.75) is 17.9 Å². The van der Waals surface area contributed by atoms with Gasteiger partial charge in [-0.05, 0) is 25.3 Å². The lowest BCUT2D eigenvalue weighted by Crippen LogP contribution is -2.37. The number of ether oxygens (including phenoxy) is 2. The number of hydrogen-bond acceptors (Lipinski definition) is 7. The molecule has 0 spiro atoms. The van der Waals surface area contributed by atoms with Crippen LogP contribution < -0.4 is 5.32 Å². The standard InChI is InChI=1S/C14H18N2O6S/c1-9(13(17)15-6-7-21-2)22-14(18)10-4-5-12(23-3)11(8-10)16(19)20/h4-5,8-9H,6-7H2,1-3H3,(H,15,17)/t9-/m0/s1. The van der Waals surface area contributed by atoms with Gasteiger partial charge in [-0.15, -0.1) is 11.8 Å². The van der Waals surface area contributed by atoms with E-state index in [9.17, 15) is 19.7 Å². The molecule has 8 nitrogen and oxygen atoms in total. The molecule has 0 heterocycles. The first-order valence-electron chi connectivity index (χ1n) is 6.70. The predicted molar refractivity (Wildman–Crippen MR) is 84.6 cm³/mol. The Hall–Kier alpha value is -2.13. The normalized spacial score (nSPS) is 11.6. The molecule has 0 unspecified atom stereocenters. The van der Waals surface area contributed by atoms with Crippen LogP contribution in [0.15, 0.2) is 23.1 Å². The molecule has 1 atom stereocenters. The monoisotopic (exact) mass is 342 g/mol. The van der Waals surface area contributed by atoms with Crippen molar-refractivity contribution in [3.63, 3.8) is 0 Å². The Morgan fingerprint density at radius 3 is 2.70 bits per heavy atom. The third kappa shape index (κ3) is 5.53. The molecule has 0 radical (unpaired) electrons. The molecule has 0 fully saturated rings. The quantitative estimate of drug-likeness (QED) is 0.251. The summed E-state index contributed by atoms with van der Waals surface area (Å²) in [5, 5.41) is 13.5. The molecule has 126 valence electrons. The Bertz CT molecular complexity index is 593. The Labute approximate surface area is 137 Å². The molecule has 1 amide bonds. The first-order chi connectivity index (χ1) is 10.9. The van der Waals surface area contributed by atoms with Gasteiger partial charge in [0.25, 0.3) is 11.6 Å². The van der Waals surface area contributed by atoms with Crippen LogP contribution in [0.2, 0.25) is 0 Å². The lowest BCUT2D eigenvalue weighted by molar-refractivity contribution is -0.387. The van der Waals surface area contributed by atoms with Crippen LogP contribution in [0.3, 0.4) is 0 Å². The van der Waals surface area contributed by atoms with Crippen molar-refractivity contribution in [3.8, 4) is 0 Å². The van der Waals surface area contributed by atoms with Crippen LogP contribution in [0.1, 0.15) is 17.3 Å². The van der Waals surface area contributed by atoms with E-state index in [0.29, 0.717) is 18.0 Å². The summed E-state index contributed by atoms with van der Waals surface area (Å²) in [6.07, 6.45) is 0.686. The van der Waals surface area contributed by atoms with Gasteiger partial charge in [-0.1, -0.05) is 0 Å². The van der Waals surface area contributed by atoms with Crippen LogP contribution in [0, 0.1) is 10.1 Å². The van der Waals surface area contributed by atoms with Crippen LogP contribution in [0.5, 0.6) is 0 Å². The highest BCUT2D eigenvalue weighted by Gasteiger charge is 2.21. The minimum Gasteiger partial charge on any atom is -0.449 e. The van der Waals surface area contributed by atoms with Gasteiger partial charge in [0, 0.05) is 19.7 Å². The molecular formula is C14H18N2O6S. The second kappa shape index (κ2) is 9.11. The van der Waals surface area contributed by atoms with Crippen molar-refractivity contribution in [2.24, 2.45) is 0 Å². The largest absolute Gasteiger partial charge is 0.449 e. The van der Waals surface area contributed by atoms with Gasteiger partial charge in [0.1, 0.15) is 0 Å². The first kappa shape index (κ1) is 18.9. The number of nitro benzene ring substituents is 1. The summed E-state index contributed by atoms with van der Waals surface area (Å²) in [5.74, 6) is -1.26. The lowest BCUT2D eigenvalue weighted by Gasteiger charge is -2.13. The average molecular weight is 342 g/mol. The Morgan fingerprint density at radius 2 is 2.13 bits per heavy atom. The minimum atomic E-state index is -1.02. The Morgan fingerprint density at radius 1 is 1.43 bits per heavy atom. The lowest BCUT2D eigenvalue weighted by atomic mass is 10.2. The van der Waals surface area contributed by atoms with Gasteiger partial charge in [0.2, 0.25) is 0 Å². The van der Waals surface area contributed by atoms with Gasteiger partial charge in [-0.3, -0.25) is 14.9 Å². The fourth-order valence-electron chi connectivity index (χ4n) is 1.66. The zero-order valence-electron chi connectivity index (χ0n) is 13.0. The summed E-state index contributed by atoms with van der Waals surface area (Å²) in [5.41, 5.74) is -0.157. The van der Waals surface area contributed by atoms with E-state index in [0.717, 1.165) is 6.07 Å². The maximum atomic E-state index is 12.0. The number of rotatable bonds is 8. The number of hydrogen-bond donors (Lipinski definition) is 1. The second-order valence-electron chi connectivity index (χ2n) is 4.48. The summed E-state index contributed by atoms with van der Waals surface area (Å²) in [6.45, 7) is 2.06. The maximum absolute atomic E-state index is 12.0. The topological polar surface area (TPSA) is 108 Å². The summed E-state index contributed by atoms with van der Waals surface area (Å²) >= 11 is 1.20. The van der Waals surface area contributed by atoms with Crippen LogP contribution in [0.25, 0.3) is 0 Å². The van der Waals surface area contributed by atoms with Gasteiger partial charge in [0.15, 0.2) is 6.10 Å². The smallest absolute Gasteiger partial charge is 0.339 e. The highest BCUT2D eigenvalue weighted by atomic mass is 32.2. The molecule has 0 aliphatic heterocycles. The molecule has 1 rings (SSSR count). The molecule has 0 aromatic heterocycles. The third-order valence-corrected chi connectivity index (χ3v) is 3.65.